The molecule has 4 rings (SSSR count). The van der Waals surface area contributed by atoms with Gasteiger partial charge in [-0.1, -0.05) is 12.1 Å². The number of pyridine rings is 2. The molecule has 1 aliphatic heterocycles. The summed E-state index contributed by atoms with van der Waals surface area (Å²) in [6.45, 7) is 7.45. The van der Waals surface area contributed by atoms with E-state index in [9.17, 15) is 4.79 Å². The van der Waals surface area contributed by atoms with E-state index in [-0.39, 0.29) is 5.91 Å². The molecule has 1 aromatic carbocycles. The molecule has 0 N–H and O–H groups in total. The van der Waals surface area contributed by atoms with Crippen LogP contribution in [0.4, 0.5) is 11.5 Å². The number of likely N-dealkylation sites (N-methyl/N-ethyl adjacent to an activating group) is 1. The molecule has 0 bridgehead atoms. The summed E-state index contributed by atoms with van der Waals surface area (Å²) in [5.41, 5.74) is 4.40. The summed E-state index contributed by atoms with van der Waals surface area (Å²) in [7, 11) is 3.82. The number of benzene rings is 1. The van der Waals surface area contributed by atoms with Crippen LogP contribution in [-0.2, 0) is 4.74 Å². The van der Waals surface area contributed by atoms with Crippen LogP contribution in [-0.4, -0.2) is 74.3 Å². The third kappa shape index (κ3) is 5.56. The fourth-order valence-electron chi connectivity index (χ4n) is 3.90. The van der Waals surface area contributed by atoms with Crippen molar-refractivity contribution in [2.75, 3.05) is 63.3 Å². The van der Waals surface area contributed by atoms with Gasteiger partial charge in [-0.2, -0.15) is 0 Å². The van der Waals surface area contributed by atoms with E-state index in [4.69, 9.17) is 4.74 Å². The molecule has 7 heteroatoms. The van der Waals surface area contributed by atoms with Gasteiger partial charge in [-0.15, -0.1) is 0 Å². The fraction of sp³-hybridized carbons (Fsp3) is 0.346. The number of aryl methyl sites for hydroxylation is 1. The number of rotatable bonds is 7. The highest BCUT2D eigenvalue weighted by atomic mass is 16.5. The molecule has 3 aromatic rings. The van der Waals surface area contributed by atoms with E-state index >= 15 is 0 Å². The van der Waals surface area contributed by atoms with E-state index in [1.807, 2.05) is 62.5 Å². The highest BCUT2D eigenvalue weighted by molar-refractivity contribution is 6.05. The molecule has 172 valence electrons. The van der Waals surface area contributed by atoms with E-state index in [1.165, 1.54) is 0 Å². The standard InChI is InChI=1S/C26H31N5O2/c1-20-7-9-22(18-23(20)24-6-4-5-11-27-24)30(3)26(32)21-8-10-25(28-19-21)29(2)12-13-31-14-16-33-17-15-31/h4-11,18-19H,12-17H2,1-3H3. The minimum atomic E-state index is -0.0964. The van der Waals surface area contributed by atoms with Gasteiger partial charge in [-0.05, 0) is 48.9 Å². The molecule has 0 unspecified atom stereocenters. The summed E-state index contributed by atoms with van der Waals surface area (Å²) < 4.78 is 5.41. The average Bonchev–Trinajstić information content (AvgIpc) is 2.88. The Kier molecular flexibility index (Phi) is 7.32. The van der Waals surface area contributed by atoms with Crippen LogP contribution in [0.2, 0.25) is 0 Å². The lowest BCUT2D eigenvalue weighted by molar-refractivity contribution is 0.0393. The minimum absolute atomic E-state index is 0.0964. The second-order valence-electron chi connectivity index (χ2n) is 8.36. The predicted molar refractivity (Wildman–Crippen MR) is 132 cm³/mol. The van der Waals surface area contributed by atoms with Crippen molar-refractivity contribution in [3.63, 3.8) is 0 Å². The molecule has 1 saturated heterocycles. The van der Waals surface area contributed by atoms with E-state index in [1.54, 1.807) is 24.3 Å². The van der Waals surface area contributed by atoms with Crippen molar-refractivity contribution >= 4 is 17.4 Å². The van der Waals surface area contributed by atoms with Gasteiger partial charge in [0.1, 0.15) is 5.82 Å². The number of aromatic nitrogens is 2. The van der Waals surface area contributed by atoms with Crippen LogP contribution in [0, 0.1) is 6.92 Å². The maximum Gasteiger partial charge on any atom is 0.259 e. The maximum atomic E-state index is 13.1. The molecule has 1 amide bonds. The van der Waals surface area contributed by atoms with Crippen LogP contribution in [0.5, 0.6) is 0 Å². The Morgan fingerprint density at radius 1 is 1.06 bits per heavy atom. The maximum absolute atomic E-state index is 13.1. The van der Waals surface area contributed by atoms with Crippen molar-refractivity contribution in [1.82, 2.24) is 14.9 Å². The summed E-state index contributed by atoms with van der Waals surface area (Å²) in [6.07, 6.45) is 3.44. The van der Waals surface area contributed by atoms with Crippen molar-refractivity contribution in [2.45, 2.75) is 6.92 Å². The highest BCUT2D eigenvalue weighted by Gasteiger charge is 2.17. The van der Waals surface area contributed by atoms with Gasteiger partial charge in [0.2, 0.25) is 0 Å². The second-order valence-corrected chi connectivity index (χ2v) is 8.36. The normalized spacial score (nSPS) is 14.2. The van der Waals surface area contributed by atoms with Crippen molar-refractivity contribution in [1.29, 1.82) is 0 Å². The Morgan fingerprint density at radius 2 is 1.88 bits per heavy atom. The first-order valence-electron chi connectivity index (χ1n) is 11.3. The van der Waals surface area contributed by atoms with E-state index < -0.39 is 0 Å². The molecule has 0 saturated carbocycles. The van der Waals surface area contributed by atoms with Crippen LogP contribution in [0.25, 0.3) is 11.3 Å². The lowest BCUT2D eigenvalue weighted by atomic mass is 10.0. The molecule has 2 aromatic heterocycles. The van der Waals surface area contributed by atoms with Crippen LogP contribution < -0.4 is 9.80 Å². The van der Waals surface area contributed by atoms with Gasteiger partial charge in [-0.3, -0.25) is 14.7 Å². The van der Waals surface area contributed by atoms with Gasteiger partial charge in [-0.25, -0.2) is 4.98 Å². The first kappa shape index (κ1) is 22.9. The van der Waals surface area contributed by atoms with Crippen molar-refractivity contribution in [3.8, 4) is 11.3 Å². The van der Waals surface area contributed by atoms with Crippen LogP contribution in [0.15, 0.2) is 60.9 Å². The summed E-state index contributed by atoms with van der Waals surface area (Å²) in [5, 5.41) is 0. The third-order valence-electron chi connectivity index (χ3n) is 6.10. The zero-order chi connectivity index (χ0) is 23.2. The smallest absolute Gasteiger partial charge is 0.259 e. The number of hydrogen-bond acceptors (Lipinski definition) is 6. The molecule has 0 radical (unpaired) electrons. The number of amides is 1. The SMILES string of the molecule is Cc1ccc(N(C)C(=O)c2ccc(N(C)CCN3CCOCC3)nc2)cc1-c1ccccn1. The highest BCUT2D eigenvalue weighted by Crippen LogP contribution is 2.27. The number of anilines is 2. The Bertz CT molecular complexity index is 1070. The fourth-order valence-corrected chi connectivity index (χ4v) is 3.90. The number of carbonyl (C=O) groups excluding carboxylic acids is 1. The molecule has 0 atom stereocenters. The van der Waals surface area contributed by atoms with Crippen molar-refractivity contribution < 1.29 is 9.53 Å². The van der Waals surface area contributed by atoms with Crippen molar-refractivity contribution in [3.05, 3.63) is 72.1 Å². The number of nitrogens with zero attached hydrogens (tertiary/aromatic N) is 5. The van der Waals surface area contributed by atoms with Gasteiger partial charge in [0.15, 0.2) is 0 Å². The molecule has 33 heavy (non-hydrogen) atoms. The Hall–Kier alpha value is -3.29. The van der Waals surface area contributed by atoms with Crippen LogP contribution >= 0.6 is 0 Å². The first-order valence-corrected chi connectivity index (χ1v) is 11.3. The number of hydrogen-bond donors (Lipinski definition) is 0. The van der Waals surface area contributed by atoms with Gasteiger partial charge in [0.25, 0.3) is 5.91 Å². The first-order chi connectivity index (χ1) is 16.0. The van der Waals surface area contributed by atoms with E-state index in [2.05, 4.69) is 19.8 Å². The molecular weight excluding hydrogens is 414 g/mol. The third-order valence-corrected chi connectivity index (χ3v) is 6.10. The zero-order valence-corrected chi connectivity index (χ0v) is 19.6. The second kappa shape index (κ2) is 10.6. The number of carbonyl (C=O) groups is 1. The molecule has 0 aliphatic carbocycles. The van der Waals surface area contributed by atoms with Crippen molar-refractivity contribution in [2.24, 2.45) is 0 Å². The predicted octanol–water partition coefficient (Wildman–Crippen LogP) is 3.50. The Labute approximate surface area is 195 Å². The summed E-state index contributed by atoms with van der Waals surface area (Å²) in [5.74, 6) is 0.760. The average molecular weight is 446 g/mol. The lowest BCUT2D eigenvalue weighted by Gasteiger charge is -2.29. The van der Waals surface area contributed by atoms with Gasteiger partial charge < -0.3 is 14.5 Å². The molecule has 3 heterocycles. The molecule has 7 nitrogen and oxygen atoms in total. The topological polar surface area (TPSA) is 61.8 Å². The minimum Gasteiger partial charge on any atom is -0.379 e. The van der Waals surface area contributed by atoms with Crippen LogP contribution in [0.3, 0.4) is 0 Å². The Morgan fingerprint density at radius 3 is 2.58 bits per heavy atom. The van der Waals surface area contributed by atoms with E-state index in [0.29, 0.717) is 5.56 Å². The summed E-state index contributed by atoms with van der Waals surface area (Å²) in [6, 6.07) is 15.6. The van der Waals surface area contributed by atoms with E-state index in [0.717, 1.165) is 67.7 Å². The molecular formula is C26H31N5O2. The van der Waals surface area contributed by atoms with Gasteiger partial charge in [0, 0.05) is 63.9 Å². The largest absolute Gasteiger partial charge is 0.379 e. The zero-order valence-electron chi connectivity index (χ0n) is 19.6. The monoisotopic (exact) mass is 445 g/mol. The van der Waals surface area contributed by atoms with Crippen LogP contribution in [0.1, 0.15) is 15.9 Å². The summed E-state index contributed by atoms with van der Waals surface area (Å²) in [4.78, 5) is 28.3. The molecule has 1 aliphatic rings. The summed E-state index contributed by atoms with van der Waals surface area (Å²) >= 11 is 0. The quantitative estimate of drug-likeness (QED) is 0.555. The number of morpholine rings is 1. The molecule has 0 spiro atoms. The van der Waals surface area contributed by atoms with Gasteiger partial charge in [0.05, 0.1) is 24.5 Å². The number of ether oxygens (including phenoxy) is 1. The lowest BCUT2D eigenvalue weighted by Crippen LogP contribution is -2.40. The van der Waals surface area contributed by atoms with Gasteiger partial charge >= 0.3 is 0 Å². The molecule has 1 fully saturated rings. The Balaban J connectivity index is 1.42.